The zero-order valence-electron chi connectivity index (χ0n) is 9.31. The fourth-order valence-electron chi connectivity index (χ4n) is 2.12. The van der Waals surface area contributed by atoms with E-state index >= 15 is 0 Å². The van der Waals surface area contributed by atoms with Crippen LogP contribution in [0.2, 0.25) is 0 Å². The number of rotatable bonds is 1. The molecule has 0 amide bonds. The number of fused-ring (bicyclic) bond motifs is 1. The van der Waals surface area contributed by atoms with E-state index in [1.54, 1.807) is 0 Å². The summed E-state index contributed by atoms with van der Waals surface area (Å²) in [4.78, 5) is 2.18. The summed E-state index contributed by atoms with van der Waals surface area (Å²) in [5.41, 5.74) is 3.38. The lowest BCUT2D eigenvalue weighted by Gasteiger charge is -2.28. The zero-order chi connectivity index (χ0) is 11.7. The van der Waals surface area contributed by atoms with Gasteiger partial charge in [-0.2, -0.15) is 0 Å². The fraction of sp³-hybridized carbons (Fsp3) is 0.0667. The third kappa shape index (κ3) is 1.82. The van der Waals surface area contributed by atoms with E-state index in [4.69, 9.17) is 0 Å². The molecule has 0 aliphatic carbocycles. The summed E-state index contributed by atoms with van der Waals surface area (Å²) in [7, 11) is 0. The van der Waals surface area contributed by atoms with E-state index in [2.05, 4.69) is 29.2 Å². The second-order valence-electron chi connectivity index (χ2n) is 4.05. The van der Waals surface area contributed by atoms with Crippen LogP contribution in [0.1, 0.15) is 5.56 Å². The maximum absolute atomic E-state index is 12.9. The van der Waals surface area contributed by atoms with Gasteiger partial charge in [-0.15, -0.1) is 0 Å². The van der Waals surface area contributed by atoms with Crippen LogP contribution in [0.5, 0.6) is 0 Å². The van der Waals surface area contributed by atoms with Crippen molar-refractivity contribution in [1.82, 2.24) is 0 Å². The van der Waals surface area contributed by atoms with Crippen LogP contribution in [-0.4, -0.2) is 6.54 Å². The molecule has 0 atom stereocenters. The minimum Gasteiger partial charge on any atom is -0.337 e. The monoisotopic (exact) mass is 225 g/mol. The molecule has 84 valence electrons. The second kappa shape index (κ2) is 4.06. The summed E-state index contributed by atoms with van der Waals surface area (Å²) in [6, 6.07) is 14.8. The Bertz CT molecular complexity index is 557. The standard InChI is InChI=1S/C15H12FN/c16-13-7-9-14(10-8-13)17-11-3-5-12-4-1-2-6-15(12)17/h1-10H,11H2. The van der Waals surface area contributed by atoms with Gasteiger partial charge in [0, 0.05) is 17.9 Å². The second-order valence-corrected chi connectivity index (χ2v) is 4.05. The minimum atomic E-state index is -0.199. The van der Waals surface area contributed by atoms with Crippen molar-refractivity contribution in [2.75, 3.05) is 11.4 Å². The van der Waals surface area contributed by atoms with E-state index in [9.17, 15) is 4.39 Å². The Kier molecular flexibility index (Phi) is 2.41. The minimum absolute atomic E-state index is 0.199. The van der Waals surface area contributed by atoms with Gasteiger partial charge >= 0.3 is 0 Å². The first-order valence-corrected chi connectivity index (χ1v) is 5.63. The number of para-hydroxylation sites is 1. The van der Waals surface area contributed by atoms with Crippen molar-refractivity contribution in [3.8, 4) is 0 Å². The number of nitrogens with zero attached hydrogens (tertiary/aromatic N) is 1. The summed E-state index contributed by atoms with van der Waals surface area (Å²) in [5, 5.41) is 0. The summed E-state index contributed by atoms with van der Waals surface area (Å²) in [6.07, 6.45) is 4.24. The van der Waals surface area contributed by atoms with Crippen LogP contribution in [0.3, 0.4) is 0 Å². The van der Waals surface area contributed by atoms with Crippen LogP contribution in [0.15, 0.2) is 54.6 Å². The normalized spacial score (nSPS) is 13.6. The highest BCUT2D eigenvalue weighted by atomic mass is 19.1. The van der Waals surface area contributed by atoms with E-state index in [0.717, 1.165) is 12.2 Å². The molecule has 2 heteroatoms. The zero-order valence-corrected chi connectivity index (χ0v) is 9.31. The summed E-state index contributed by atoms with van der Waals surface area (Å²) in [5.74, 6) is -0.199. The van der Waals surface area contributed by atoms with Crippen molar-refractivity contribution in [3.63, 3.8) is 0 Å². The molecule has 2 aromatic carbocycles. The van der Waals surface area contributed by atoms with Crippen LogP contribution < -0.4 is 4.90 Å². The van der Waals surface area contributed by atoms with Gasteiger partial charge in [0.05, 0.1) is 0 Å². The van der Waals surface area contributed by atoms with Crippen molar-refractivity contribution in [3.05, 3.63) is 66.0 Å². The number of benzene rings is 2. The number of anilines is 2. The average molecular weight is 225 g/mol. The maximum atomic E-state index is 12.9. The summed E-state index contributed by atoms with van der Waals surface area (Å²) in [6.45, 7) is 0.822. The third-order valence-electron chi connectivity index (χ3n) is 2.95. The Morgan fingerprint density at radius 2 is 1.71 bits per heavy atom. The van der Waals surface area contributed by atoms with Gasteiger partial charge in [0.1, 0.15) is 5.82 Å². The van der Waals surface area contributed by atoms with Gasteiger partial charge in [-0.3, -0.25) is 0 Å². The largest absolute Gasteiger partial charge is 0.337 e. The molecule has 0 radical (unpaired) electrons. The smallest absolute Gasteiger partial charge is 0.123 e. The van der Waals surface area contributed by atoms with E-state index in [-0.39, 0.29) is 5.82 Å². The molecule has 1 aliphatic heterocycles. The number of halogens is 1. The molecule has 0 unspecified atom stereocenters. The third-order valence-corrected chi connectivity index (χ3v) is 2.95. The Labute approximate surface area is 99.8 Å². The summed E-state index contributed by atoms with van der Waals surface area (Å²) >= 11 is 0. The van der Waals surface area contributed by atoms with Gasteiger partial charge in [0.2, 0.25) is 0 Å². The van der Waals surface area contributed by atoms with Crippen LogP contribution in [0.25, 0.3) is 6.08 Å². The van der Waals surface area contributed by atoms with E-state index < -0.39 is 0 Å². The molecule has 0 aromatic heterocycles. The molecule has 0 saturated carbocycles. The molecule has 1 heterocycles. The van der Waals surface area contributed by atoms with Crippen molar-refractivity contribution in [2.24, 2.45) is 0 Å². The highest BCUT2D eigenvalue weighted by Crippen LogP contribution is 2.31. The van der Waals surface area contributed by atoms with Crippen molar-refractivity contribution < 1.29 is 4.39 Å². The molecule has 17 heavy (non-hydrogen) atoms. The predicted molar refractivity (Wildman–Crippen MR) is 68.9 cm³/mol. The SMILES string of the molecule is Fc1ccc(N2CC=Cc3ccccc32)cc1. The van der Waals surface area contributed by atoms with Gasteiger partial charge in [-0.1, -0.05) is 30.4 Å². The van der Waals surface area contributed by atoms with Crippen LogP contribution in [0.4, 0.5) is 15.8 Å². The van der Waals surface area contributed by atoms with Crippen molar-refractivity contribution in [1.29, 1.82) is 0 Å². The predicted octanol–water partition coefficient (Wildman–Crippen LogP) is 3.99. The highest BCUT2D eigenvalue weighted by Gasteiger charge is 2.13. The van der Waals surface area contributed by atoms with Gasteiger partial charge in [-0.25, -0.2) is 4.39 Å². The van der Waals surface area contributed by atoms with E-state index in [1.165, 1.54) is 23.4 Å². The fourth-order valence-corrected chi connectivity index (χ4v) is 2.12. The average Bonchev–Trinajstić information content (AvgIpc) is 2.39. The van der Waals surface area contributed by atoms with Crippen LogP contribution in [0, 0.1) is 5.82 Å². The Balaban J connectivity index is 2.05. The first-order valence-electron chi connectivity index (χ1n) is 5.63. The number of hydrogen-bond donors (Lipinski definition) is 0. The van der Waals surface area contributed by atoms with E-state index in [1.807, 2.05) is 24.3 Å². The quantitative estimate of drug-likeness (QED) is 0.709. The van der Waals surface area contributed by atoms with Gasteiger partial charge in [-0.05, 0) is 35.9 Å². The molecule has 0 spiro atoms. The van der Waals surface area contributed by atoms with Crippen LogP contribution in [-0.2, 0) is 0 Å². The lowest BCUT2D eigenvalue weighted by Crippen LogP contribution is -2.20. The molecule has 0 N–H and O–H groups in total. The Morgan fingerprint density at radius 3 is 2.53 bits per heavy atom. The van der Waals surface area contributed by atoms with Crippen molar-refractivity contribution >= 4 is 17.5 Å². The molecule has 0 bridgehead atoms. The van der Waals surface area contributed by atoms with Gasteiger partial charge in [0.15, 0.2) is 0 Å². The van der Waals surface area contributed by atoms with Crippen LogP contribution >= 0.6 is 0 Å². The van der Waals surface area contributed by atoms with E-state index in [0.29, 0.717) is 0 Å². The van der Waals surface area contributed by atoms with Crippen molar-refractivity contribution in [2.45, 2.75) is 0 Å². The molecule has 0 fully saturated rings. The topological polar surface area (TPSA) is 3.24 Å². The molecular weight excluding hydrogens is 213 g/mol. The Morgan fingerprint density at radius 1 is 0.941 bits per heavy atom. The first-order chi connectivity index (χ1) is 8.34. The molecular formula is C15H12FN. The molecule has 3 rings (SSSR count). The Hall–Kier alpha value is -2.09. The molecule has 1 nitrogen and oxygen atoms in total. The highest BCUT2D eigenvalue weighted by molar-refractivity contribution is 5.77. The molecule has 1 aliphatic rings. The maximum Gasteiger partial charge on any atom is 0.123 e. The molecule has 2 aromatic rings. The summed E-state index contributed by atoms with van der Waals surface area (Å²) < 4.78 is 12.9. The number of hydrogen-bond acceptors (Lipinski definition) is 1. The van der Waals surface area contributed by atoms with Gasteiger partial charge in [0.25, 0.3) is 0 Å². The lowest BCUT2D eigenvalue weighted by molar-refractivity contribution is 0.628. The van der Waals surface area contributed by atoms with Gasteiger partial charge < -0.3 is 4.90 Å². The molecule has 0 saturated heterocycles. The lowest BCUT2D eigenvalue weighted by atomic mass is 10.1. The first kappa shape index (κ1) is 10.1.